The number of pyridine rings is 1. The second-order valence-electron chi connectivity index (χ2n) is 5.15. The first-order valence-corrected chi connectivity index (χ1v) is 7.04. The van der Waals surface area contributed by atoms with Gasteiger partial charge in [0.05, 0.1) is 12.8 Å². The summed E-state index contributed by atoms with van der Waals surface area (Å²) in [5, 5.41) is 0. The Kier molecular flexibility index (Phi) is 6.25. The lowest BCUT2D eigenvalue weighted by molar-refractivity contribution is 0.0956. The van der Waals surface area contributed by atoms with Crippen molar-refractivity contribution < 1.29 is 4.74 Å². The molecule has 0 saturated carbocycles. The van der Waals surface area contributed by atoms with Gasteiger partial charge >= 0.3 is 0 Å². The molecule has 2 N–H and O–H groups in total. The van der Waals surface area contributed by atoms with Crippen LogP contribution in [0.25, 0.3) is 0 Å². The lowest BCUT2D eigenvalue weighted by Gasteiger charge is -2.40. The fraction of sp³-hybridized carbons (Fsp3) is 0.667. The summed E-state index contributed by atoms with van der Waals surface area (Å²) in [5.41, 5.74) is 7.03. The normalized spacial score (nSPS) is 14.4. The Morgan fingerprint density at radius 3 is 2.63 bits per heavy atom. The van der Waals surface area contributed by atoms with E-state index in [1.807, 2.05) is 18.2 Å². The lowest BCUT2D eigenvalue weighted by atomic mass is 9.96. The molecule has 0 bridgehead atoms. The van der Waals surface area contributed by atoms with Crippen LogP contribution in [-0.4, -0.2) is 35.6 Å². The van der Waals surface area contributed by atoms with Crippen molar-refractivity contribution in [1.29, 1.82) is 0 Å². The van der Waals surface area contributed by atoms with E-state index >= 15 is 0 Å². The fourth-order valence-electron chi connectivity index (χ4n) is 2.16. The summed E-state index contributed by atoms with van der Waals surface area (Å²) in [6.45, 7) is 9.11. The molecule has 1 rings (SSSR count). The maximum Gasteiger partial charge on any atom is 0.213 e. The Bertz CT molecular complexity index is 377. The maximum absolute atomic E-state index is 5.97. The summed E-state index contributed by atoms with van der Waals surface area (Å²) in [6.07, 6.45) is 2.15. The smallest absolute Gasteiger partial charge is 0.213 e. The van der Waals surface area contributed by atoms with Crippen LogP contribution in [0.2, 0.25) is 0 Å². The van der Waals surface area contributed by atoms with E-state index in [-0.39, 0.29) is 5.54 Å². The van der Waals surface area contributed by atoms with Crippen LogP contribution in [0.5, 0.6) is 5.88 Å². The van der Waals surface area contributed by atoms with Crippen LogP contribution in [0.15, 0.2) is 18.2 Å². The first kappa shape index (κ1) is 15.9. The number of hydrogen-bond acceptors (Lipinski definition) is 4. The molecule has 19 heavy (non-hydrogen) atoms. The third kappa shape index (κ3) is 4.18. The monoisotopic (exact) mass is 265 g/mol. The zero-order valence-corrected chi connectivity index (χ0v) is 12.6. The van der Waals surface area contributed by atoms with Gasteiger partial charge in [0, 0.05) is 24.7 Å². The number of ether oxygens (including phenoxy) is 1. The quantitative estimate of drug-likeness (QED) is 0.784. The molecule has 0 aliphatic heterocycles. The SMILES string of the molecule is CCCN(Cc1cccc(OC)n1)C(C)(CC)CN. The molecule has 0 amide bonds. The van der Waals surface area contributed by atoms with E-state index in [9.17, 15) is 0 Å². The Morgan fingerprint density at radius 1 is 1.37 bits per heavy atom. The highest BCUT2D eigenvalue weighted by Crippen LogP contribution is 2.21. The highest BCUT2D eigenvalue weighted by atomic mass is 16.5. The summed E-state index contributed by atoms with van der Waals surface area (Å²) in [6, 6.07) is 5.89. The number of hydrogen-bond donors (Lipinski definition) is 1. The summed E-state index contributed by atoms with van der Waals surface area (Å²) in [5.74, 6) is 0.667. The molecule has 0 radical (unpaired) electrons. The van der Waals surface area contributed by atoms with Crippen molar-refractivity contribution in [3.8, 4) is 5.88 Å². The number of methoxy groups -OCH3 is 1. The van der Waals surface area contributed by atoms with E-state index in [0.717, 1.165) is 31.6 Å². The van der Waals surface area contributed by atoms with Gasteiger partial charge in [-0.25, -0.2) is 4.98 Å². The zero-order chi connectivity index (χ0) is 14.3. The predicted molar refractivity (Wildman–Crippen MR) is 79.2 cm³/mol. The molecule has 1 aromatic heterocycles. The van der Waals surface area contributed by atoms with Crippen molar-refractivity contribution in [3.63, 3.8) is 0 Å². The Labute approximate surface area is 117 Å². The van der Waals surface area contributed by atoms with Gasteiger partial charge in [0.2, 0.25) is 5.88 Å². The van der Waals surface area contributed by atoms with E-state index in [1.165, 1.54) is 0 Å². The van der Waals surface area contributed by atoms with Gasteiger partial charge in [0.1, 0.15) is 0 Å². The Morgan fingerprint density at radius 2 is 2.11 bits per heavy atom. The number of rotatable bonds is 8. The van der Waals surface area contributed by atoms with Crippen LogP contribution >= 0.6 is 0 Å². The average Bonchev–Trinajstić information content (AvgIpc) is 2.46. The summed E-state index contributed by atoms with van der Waals surface area (Å²) < 4.78 is 5.18. The highest BCUT2D eigenvalue weighted by Gasteiger charge is 2.28. The third-order valence-electron chi connectivity index (χ3n) is 3.80. The van der Waals surface area contributed by atoms with Crippen LogP contribution in [0.3, 0.4) is 0 Å². The van der Waals surface area contributed by atoms with Gasteiger partial charge in [0.25, 0.3) is 0 Å². The lowest BCUT2D eigenvalue weighted by Crippen LogP contribution is -2.51. The van der Waals surface area contributed by atoms with Crippen molar-refractivity contribution in [1.82, 2.24) is 9.88 Å². The molecule has 0 aliphatic rings. The molecular weight excluding hydrogens is 238 g/mol. The summed E-state index contributed by atoms with van der Waals surface area (Å²) in [4.78, 5) is 6.92. The number of nitrogens with zero attached hydrogens (tertiary/aromatic N) is 2. The van der Waals surface area contributed by atoms with Crippen molar-refractivity contribution in [2.75, 3.05) is 20.2 Å². The second kappa shape index (κ2) is 7.46. The molecule has 0 aromatic carbocycles. The van der Waals surface area contributed by atoms with Crippen LogP contribution in [-0.2, 0) is 6.54 Å². The molecule has 1 heterocycles. The van der Waals surface area contributed by atoms with Gasteiger partial charge in [-0.3, -0.25) is 4.90 Å². The molecule has 0 spiro atoms. The van der Waals surface area contributed by atoms with Gasteiger partial charge < -0.3 is 10.5 Å². The molecule has 4 heteroatoms. The number of aromatic nitrogens is 1. The third-order valence-corrected chi connectivity index (χ3v) is 3.80. The van der Waals surface area contributed by atoms with E-state index in [4.69, 9.17) is 10.5 Å². The molecule has 4 nitrogen and oxygen atoms in total. The maximum atomic E-state index is 5.97. The molecule has 1 aromatic rings. The predicted octanol–water partition coefficient (Wildman–Crippen LogP) is 2.43. The minimum Gasteiger partial charge on any atom is -0.481 e. The van der Waals surface area contributed by atoms with E-state index < -0.39 is 0 Å². The van der Waals surface area contributed by atoms with Gasteiger partial charge in [-0.2, -0.15) is 0 Å². The van der Waals surface area contributed by atoms with Crippen molar-refractivity contribution in [2.45, 2.75) is 45.7 Å². The van der Waals surface area contributed by atoms with Crippen LogP contribution in [0.1, 0.15) is 39.3 Å². The first-order chi connectivity index (χ1) is 9.09. The van der Waals surface area contributed by atoms with Gasteiger partial charge in [-0.05, 0) is 32.4 Å². The van der Waals surface area contributed by atoms with Gasteiger partial charge in [0.15, 0.2) is 0 Å². The second-order valence-corrected chi connectivity index (χ2v) is 5.15. The topological polar surface area (TPSA) is 51.4 Å². The number of nitrogens with two attached hydrogens (primary N) is 1. The Balaban J connectivity index is 2.88. The van der Waals surface area contributed by atoms with E-state index in [0.29, 0.717) is 12.4 Å². The van der Waals surface area contributed by atoms with Crippen molar-refractivity contribution >= 4 is 0 Å². The van der Waals surface area contributed by atoms with Crippen LogP contribution in [0, 0.1) is 0 Å². The molecule has 0 fully saturated rings. The zero-order valence-electron chi connectivity index (χ0n) is 12.6. The van der Waals surface area contributed by atoms with Crippen LogP contribution in [0.4, 0.5) is 0 Å². The molecule has 0 aliphatic carbocycles. The van der Waals surface area contributed by atoms with Gasteiger partial charge in [-0.1, -0.05) is 19.9 Å². The minimum absolute atomic E-state index is 0.0285. The minimum atomic E-state index is 0.0285. The van der Waals surface area contributed by atoms with E-state index in [1.54, 1.807) is 7.11 Å². The fourth-order valence-corrected chi connectivity index (χ4v) is 2.16. The summed E-state index contributed by atoms with van der Waals surface area (Å²) >= 11 is 0. The first-order valence-electron chi connectivity index (χ1n) is 7.04. The molecule has 108 valence electrons. The largest absolute Gasteiger partial charge is 0.481 e. The van der Waals surface area contributed by atoms with Crippen molar-refractivity contribution in [2.24, 2.45) is 5.73 Å². The molecular formula is C15H27N3O. The average molecular weight is 265 g/mol. The molecule has 1 atom stereocenters. The summed E-state index contributed by atoms with van der Waals surface area (Å²) in [7, 11) is 1.64. The van der Waals surface area contributed by atoms with Crippen molar-refractivity contribution in [3.05, 3.63) is 23.9 Å². The van der Waals surface area contributed by atoms with Crippen LogP contribution < -0.4 is 10.5 Å². The highest BCUT2D eigenvalue weighted by molar-refractivity contribution is 5.16. The van der Waals surface area contributed by atoms with E-state index in [2.05, 4.69) is 30.7 Å². The Hall–Kier alpha value is -1.13. The standard InChI is InChI=1S/C15H27N3O/c1-5-10-18(15(3,6-2)12-16)11-13-8-7-9-14(17-13)19-4/h7-9H,5-6,10-12,16H2,1-4H3. The molecule has 0 saturated heterocycles. The molecule has 1 unspecified atom stereocenters. The van der Waals surface area contributed by atoms with Gasteiger partial charge in [-0.15, -0.1) is 0 Å².